The second-order valence-corrected chi connectivity index (χ2v) is 5.04. The minimum atomic E-state index is 0.137. The van der Waals surface area contributed by atoms with Crippen molar-refractivity contribution in [3.8, 4) is 0 Å². The first-order valence-corrected chi connectivity index (χ1v) is 6.77. The van der Waals surface area contributed by atoms with E-state index in [-0.39, 0.29) is 5.78 Å². The van der Waals surface area contributed by atoms with E-state index in [1.807, 2.05) is 18.2 Å². The van der Waals surface area contributed by atoms with E-state index in [1.165, 1.54) is 5.69 Å². The number of rotatable bonds is 2. The van der Waals surface area contributed by atoms with Gasteiger partial charge in [-0.2, -0.15) is 0 Å². The Bertz CT molecular complexity index is 417. The quantitative estimate of drug-likeness (QED) is 0.814. The third-order valence-electron chi connectivity index (χ3n) is 3.61. The van der Waals surface area contributed by atoms with Gasteiger partial charge in [-0.1, -0.05) is 12.1 Å². The number of hydrogen-bond donors (Lipinski definition) is 1. The number of benzene rings is 1. The molecule has 1 N–H and O–H groups in total. The van der Waals surface area contributed by atoms with Crippen LogP contribution in [0.3, 0.4) is 0 Å². The molecule has 98 valence electrons. The van der Waals surface area contributed by atoms with E-state index in [0.717, 1.165) is 38.0 Å². The molecule has 1 heterocycles. The summed E-state index contributed by atoms with van der Waals surface area (Å²) in [6, 6.07) is 8.52. The van der Waals surface area contributed by atoms with Gasteiger partial charge in [0.15, 0.2) is 5.78 Å². The van der Waals surface area contributed by atoms with E-state index in [2.05, 4.69) is 23.2 Å². The molecule has 2 rings (SSSR count). The summed E-state index contributed by atoms with van der Waals surface area (Å²) in [5.74, 6) is 0.137. The smallest absolute Gasteiger partial charge is 0.159 e. The molecule has 1 saturated heterocycles. The summed E-state index contributed by atoms with van der Waals surface area (Å²) in [5, 5.41) is 3.44. The maximum Gasteiger partial charge on any atom is 0.159 e. The van der Waals surface area contributed by atoms with Gasteiger partial charge >= 0.3 is 0 Å². The molecule has 0 aromatic heterocycles. The van der Waals surface area contributed by atoms with Crippen LogP contribution >= 0.6 is 0 Å². The molecule has 0 bridgehead atoms. The molecule has 0 radical (unpaired) electrons. The average molecular weight is 246 g/mol. The number of Topliss-reactive ketones (excluding diaryl/α,β-unsaturated/α-hetero) is 1. The van der Waals surface area contributed by atoms with Gasteiger partial charge in [0.25, 0.3) is 0 Å². The molecule has 1 aliphatic rings. The van der Waals surface area contributed by atoms with Crippen LogP contribution in [-0.4, -0.2) is 31.5 Å². The Morgan fingerprint density at radius 3 is 3.00 bits per heavy atom. The summed E-state index contributed by atoms with van der Waals surface area (Å²) >= 11 is 0. The third-order valence-corrected chi connectivity index (χ3v) is 3.61. The first-order chi connectivity index (χ1) is 8.68. The van der Waals surface area contributed by atoms with Gasteiger partial charge in [0.2, 0.25) is 0 Å². The van der Waals surface area contributed by atoms with Crippen LogP contribution < -0.4 is 10.2 Å². The monoisotopic (exact) mass is 246 g/mol. The number of anilines is 1. The summed E-state index contributed by atoms with van der Waals surface area (Å²) in [6.07, 6.45) is 2.29. The SMILES string of the molecule is CC(=O)c1cccc(N2CCCNCCC2C)c1. The van der Waals surface area contributed by atoms with Crippen molar-refractivity contribution in [2.75, 3.05) is 24.5 Å². The molecule has 3 heteroatoms. The Labute approximate surface area is 109 Å². The Hall–Kier alpha value is -1.35. The van der Waals surface area contributed by atoms with Gasteiger partial charge in [0.1, 0.15) is 0 Å². The standard InChI is InChI=1S/C15H22N2O/c1-12-7-9-16-8-4-10-17(12)15-6-3-5-14(11-15)13(2)18/h3,5-6,11-12,16H,4,7-10H2,1-2H3. The van der Waals surface area contributed by atoms with Crippen molar-refractivity contribution in [3.63, 3.8) is 0 Å². The lowest BCUT2D eigenvalue weighted by atomic mass is 10.1. The van der Waals surface area contributed by atoms with Crippen LogP contribution in [0, 0.1) is 0 Å². The predicted octanol–water partition coefficient (Wildman–Crippen LogP) is 2.47. The molecule has 18 heavy (non-hydrogen) atoms. The van der Waals surface area contributed by atoms with E-state index in [0.29, 0.717) is 6.04 Å². The highest BCUT2D eigenvalue weighted by Crippen LogP contribution is 2.21. The minimum absolute atomic E-state index is 0.137. The fraction of sp³-hybridized carbons (Fsp3) is 0.533. The lowest BCUT2D eigenvalue weighted by Crippen LogP contribution is -2.40. The number of hydrogen-bond acceptors (Lipinski definition) is 3. The topological polar surface area (TPSA) is 32.3 Å². The van der Waals surface area contributed by atoms with E-state index in [9.17, 15) is 4.79 Å². The van der Waals surface area contributed by atoms with Crippen molar-refractivity contribution >= 4 is 11.5 Å². The summed E-state index contributed by atoms with van der Waals surface area (Å²) < 4.78 is 0. The normalized spacial score (nSPS) is 21.2. The molecule has 1 aromatic rings. The Balaban J connectivity index is 2.21. The van der Waals surface area contributed by atoms with Crippen molar-refractivity contribution in [2.24, 2.45) is 0 Å². The lowest BCUT2D eigenvalue weighted by molar-refractivity contribution is 0.101. The zero-order valence-corrected chi connectivity index (χ0v) is 11.3. The number of carbonyl (C=O) groups excluding carboxylic acids is 1. The van der Waals surface area contributed by atoms with Crippen molar-refractivity contribution in [1.82, 2.24) is 5.32 Å². The second-order valence-electron chi connectivity index (χ2n) is 5.04. The van der Waals surface area contributed by atoms with Crippen LogP contribution in [0.4, 0.5) is 5.69 Å². The van der Waals surface area contributed by atoms with Crippen molar-refractivity contribution in [2.45, 2.75) is 32.7 Å². The summed E-state index contributed by atoms with van der Waals surface area (Å²) in [5.41, 5.74) is 1.98. The molecule has 0 spiro atoms. The highest BCUT2D eigenvalue weighted by atomic mass is 16.1. The summed E-state index contributed by atoms with van der Waals surface area (Å²) in [4.78, 5) is 13.9. The summed E-state index contributed by atoms with van der Waals surface area (Å²) in [7, 11) is 0. The zero-order chi connectivity index (χ0) is 13.0. The van der Waals surface area contributed by atoms with Crippen LogP contribution in [0.5, 0.6) is 0 Å². The fourth-order valence-electron chi connectivity index (χ4n) is 2.47. The van der Waals surface area contributed by atoms with Gasteiger partial charge in [-0.3, -0.25) is 4.79 Å². The molecule has 1 aromatic carbocycles. The minimum Gasteiger partial charge on any atom is -0.369 e. The fourth-order valence-corrected chi connectivity index (χ4v) is 2.47. The molecule has 0 aliphatic carbocycles. The first-order valence-electron chi connectivity index (χ1n) is 6.77. The van der Waals surface area contributed by atoms with Crippen LogP contribution in [0.25, 0.3) is 0 Å². The number of carbonyl (C=O) groups is 1. The lowest BCUT2D eigenvalue weighted by Gasteiger charge is -2.33. The van der Waals surface area contributed by atoms with Gasteiger partial charge in [-0.05, 0) is 51.9 Å². The number of nitrogens with zero attached hydrogens (tertiary/aromatic N) is 1. The maximum absolute atomic E-state index is 11.5. The van der Waals surface area contributed by atoms with E-state index < -0.39 is 0 Å². The van der Waals surface area contributed by atoms with Gasteiger partial charge in [0.05, 0.1) is 0 Å². The van der Waals surface area contributed by atoms with Gasteiger partial charge in [-0.25, -0.2) is 0 Å². The van der Waals surface area contributed by atoms with Gasteiger partial charge < -0.3 is 10.2 Å². The molecular formula is C15H22N2O. The summed E-state index contributed by atoms with van der Waals surface area (Å²) in [6.45, 7) is 7.09. The molecule has 0 saturated carbocycles. The van der Waals surface area contributed by atoms with E-state index in [4.69, 9.17) is 0 Å². The average Bonchev–Trinajstić information content (AvgIpc) is 2.34. The van der Waals surface area contributed by atoms with E-state index >= 15 is 0 Å². The molecule has 0 amide bonds. The first kappa shape index (κ1) is 13.1. The Kier molecular flexibility index (Phi) is 4.37. The highest BCUT2D eigenvalue weighted by molar-refractivity contribution is 5.95. The largest absolute Gasteiger partial charge is 0.369 e. The molecule has 1 aliphatic heterocycles. The Morgan fingerprint density at radius 1 is 1.39 bits per heavy atom. The van der Waals surface area contributed by atoms with Crippen LogP contribution in [0.15, 0.2) is 24.3 Å². The molecule has 3 nitrogen and oxygen atoms in total. The van der Waals surface area contributed by atoms with Gasteiger partial charge in [-0.15, -0.1) is 0 Å². The number of ketones is 1. The van der Waals surface area contributed by atoms with Crippen LogP contribution in [-0.2, 0) is 0 Å². The third kappa shape index (κ3) is 3.10. The van der Waals surface area contributed by atoms with Crippen LogP contribution in [0.2, 0.25) is 0 Å². The van der Waals surface area contributed by atoms with Crippen LogP contribution in [0.1, 0.15) is 37.0 Å². The Morgan fingerprint density at radius 2 is 2.22 bits per heavy atom. The molecule has 1 unspecified atom stereocenters. The number of nitrogens with one attached hydrogen (secondary N) is 1. The van der Waals surface area contributed by atoms with E-state index in [1.54, 1.807) is 6.92 Å². The maximum atomic E-state index is 11.5. The van der Waals surface area contributed by atoms with Crippen molar-refractivity contribution in [3.05, 3.63) is 29.8 Å². The zero-order valence-electron chi connectivity index (χ0n) is 11.3. The van der Waals surface area contributed by atoms with Crippen molar-refractivity contribution in [1.29, 1.82) is 0 Å². The molecular weight excluding hydrogens is 224 g/mol. The predicted molar refractivity (Wildman–Crippen MR) is 75.4 cm³/mol. The second kappa shape index (κ2) is 6.01. The highest BCUT2D eigenvalue weighted by Gasteiger charge is 2.16. The van der Waals surface area contributed by atoms with Crippen molar-refractivity contribution < 1.29 is 4.79 Å². The van der Waals surface area contributed by atoms with Gasteiger partial charge in [0, 0.05) is 23.8 Å². The molecule has 1 fully saturated rings. The molecule has 1 atom stereocenters.